The van der Waals surface area contributed by atoms with Gasteiger partial charge < -0.3 is 16.0 Å². The van der Waals surface area contributed by atoms with Crippen molar-refractivity contribution in [2.24, 2.45) is 17.6 Å². The quantitative estimate of drug-likeness (QED) is 0.717. The van der Waals surface area contributed by atoms with Crippen molar-refractivity contribution in [3.8, 4) is 0 Å². The molecule has 0 aromatic carbocycles. The van der Waals surface area contributed by atoms with Gasteiger partial charge in [-0.05, 0) is 63.8 Å². The number of nitrogens with two attached hydrogens (primary N) is 1. The molecule has 3 nitrogen and oxygen atoms in total. The molecular formula is C12H25N3. The Balaban J connectivity index is 1.78. The van der Waals surface area contributed by atoms with Crippen LogP contribution in [-0.4, -0.2) is 44.2 Å². The lowest BCUT2D eigenvalue weighted by atomic mass is 9.90. The molecule has 3 heteroatoms. The molecule has 0 saturated carbocycles. The second kappa shape index (κ2) is 5.83. The fourth-order valence-electron chi connectivity index (χ4n) is 2.97. The average molecular weight is 211 g/mol. The zero-order valence-corrected chi connectivity index (χ0v) is 9.75. The Bertz CT molecular complexity index is 172. The molecule has 88 valence electrons. The minimum atomic E-state index is 0.720. The van der Waals surface area contributed by atoms with E-state index in [1.54, 1.807) is 0 Å². The zero-order valence-electron chi connectivity index (χ0n) is 9.75. The summed E-state index contributed by atoms with van der Waals surface area (Å²) in [5.74, 6) is 1.55. The minimum absolute atomic E-state index is 0.720. The maximum absolute atomic E-state index is 5.92. The van der Waals surface area contributed by atoms with E-state index in [9.17, 15) is 0 Å². The Kier molecular flexibility index (Phi) is 4.42. The van der Waals surface area contributed by atoms with Crippen LogP contribution in [0.3, 0.4) is 0 Å². The topological polar surface area (TPSA) is 41.3 Å². The summed E-state index contributed by atoms with van der Waals surface area (Å²) in [6.07, 6.45) is 5.53. The number of rotatable bonds is 4. The molecule has 2 unspecified atom stereocenters. The highest BCUT2D eigenvalue weighted by molar-refractivity contribution is 4.81. The van der Waals surface area contributed by atoms with Crippen LogP contribution in [0.1, 0.15) is 25.7 Å². The lowest BCUT2D eigenvalue weighted by Gasteiger charge is -2.32. The number of likely N-dealkylation sites (tertiary alicyclic amines) is 1. The van der Waals surface area contributed by atoms with Gasteiger partial charge >= 0.3 is 0 Å². The van der Waals surface area contributed by atoms with E-state index in [0.29, 0.717) is 0 Å². The molecule has 0 bridgehead atoms. The van der Waals surface area contributed by atoms with Crippen molar-refractivity contribution in [1.82, 2.24) is 10.2 Å². The van der Waals surface area contributed by atoms with Crippen LogP contribution in [0.2, 0.25) is 0 Å². The molecule has 0 amide bonds. The van der Waals surface area contributed by atoms with E-state index in [-0.39, 0.29) is 0 Å². The van der Waals surface area contributed by atoms with Crippen molar-refractivity contribution in [3.63, 3.8) is 0 Å². The lowest BCUT2D eigenvalue weighted by Crippen LogP contribution is -2.40. The van der Waals surface area contributed by atoms with Crippen LogP contribution >= 0.6 is 0 Å². The third-order valence-corrected chi connectivity index (χ3v) is 4.01. The molecule has 2 heterocycles. The third kappa shape index (κ3) is 3.16. The molecule has 2 fully saturated rings. The van der Waals surface area contributed by atoms with Gasteiger partial charge in [-0.3, -0.25) is 0 Å². The van der Waals surface area contributed by atoms with Gasteiger partial charge in [-0.25, -0.2) is 0 Å². The molecule has 2 aliphatic heterocycles. The Hall–Kier alpha value is -0.120. The molecule has 2 aliphatic rings. The second-order valence-corrected chi connectivity index (χ2v) is 5.11. The number of hydrogen-bond acceptors (Lipinski definition) is 3. The predicted molar refractivity (Wildman–Crippen MR) is 63.8 cm³/mol. The van der Waals surface area contributed by atoms with Crippen molar-refractivity contribution in [2.45, 2.75) is 25.7 Å². The summed E-state index contributed by atoms with van der Waals surface area (Å²) in [5.41, 5.74) is 5.92. The fraction of sp³-hybridized carbons (Fsp3) is 1.00. The van der Waals surface area contributed by atoms with E-state index in [1.807, 2.05) is 0 Å². The molecule has 15 heavy (non-hydrogen) atoms. The molecule has 2 atom stereocenters. The van der Waals surface area contributed by atoms with E-state index < -0.39 is 0 Å². The summed E-state index contributed by atoms with van der Waals surface area (Å²) in [4.78, 5) is 2.62. The first-order chi connectivity index (χ1) is 7.40. The number of piperidine rings is 1. The molecule has 0 radical (unpaired) electrons. The summed E-state index contributed by atoms with van der Waals surface area (Å²) in [6, 6.07) is 0. The standard InChI is InChI=1S/C12H25N3/c13-8-12(11-4-5-14-9-11)10-15-6-2-1-3-7-15/h11-12,14H,1-10,13H2. The van der Waals surface area contributed by atoms with Crippen LogP contribution in [0.15, 0.2) is 0 Å². The van der Waals surface area contributed by atoms with Crippen LogP contribution in [-0.2, 0) is 0 Å². The molecular weight excluding hydrogens is 186 g/mol. The highest BCUT2D eigenvalue weighted by Crippen LogP contribution is 2.21. The Morgan fingerprint density at radius 3 is 2.67 bits per heavy atom. The van der Waals surface area contributed by atoms with Gasteiger partial charge in [0.15, 0.2) is 0 Å². The van der Waals surface area contributed by atoms with Crippen molar-refractivity contribution in [1.29, 1.82) is 0 Å². The average Bonchev–Trinajstić information content (AvgIpc) is 2.81. The van der Waals surface area contributed by atoms with Crippen molar-refractivity contribution in [2.75, 3.05) is 39.3 Å². The van der Waals surface area contributed by atoms with Gasteiger partial charge in [0.25, 0.3) is 0 Å². The van der Waals surface area contributed by atoms with Gasteiger partial charge in [-0.2, -0.15) is 0 Å². The van der Waals surface area contributed by atoms with Gasteiger partial charge in [0.1, 0.15) is 0 Å². The molecule has 2 rings (SSSR count). The van der Waals surface area contributed by atoms with E-state index in [0.717, 1.165) is 18.4 Å². The van der Waals surface area contributed by atoms with Crippen LogP contribution in [0.25, 0.3) is 0 Å². The zero-order chi connectivity index (χ0) is 10.5. The predicted octanol–water partition coefficient (Wildman–Crippen LogP) is 0.657. The fourth-order valence-corrected chi connectivity index (χ4v) is 2.97. The first kappa shape index (κ1) is 11.4. The Labute approximate surface area is 93.4 Å². The van der Waals surface area contributed by atoms with E-state index in [2.05, 4.69) is 10.2 Å². The molecule has 2 saturated heterocycles. The first-order valence-corrected chi connectivity index (χ1v) is 6.53. The highest BCUT2D eigenvalue weighted by atomic mass is 15.1. The summed E-state index contributed by atoms with van der Waals surface area (Å²) >= 11 is 0. The van der Waals surface area contributed by atoms with Gasteiger partial charge in [-0.15, -0.1) is 0 Å². The minimum Gasteiger partial charge on any atom is -0.330 e. The molecule has 0 aromatic heterocycles. The Morgan fingerprint density at radius 1 is 1.27 bits per heavy atom. The van der Waals surface area contributed by atoms with E-state index >= 15 is 0 Å². The summed E-state index contributed by atoms with van der Waals surface area (Å²) in [5, 5.41) is 3.45. The number of nitrogens with one attached hydrogen (secondary N) is 1. The first-order valence-electron chi connectivity index (χ1n) is 6.53. The monoisotopic (exact) mass is 211 g/mol. The van der Waals surface area contributed by atoms with Gasteiger partial charge in [0.05, 0.1) is 0 Å². The largest absolute Gasteiger partial charge is 0.330 e. The second-order valence-electron chi connectivity index (χ2n) is 5.11. The molecule has 3 N–H and O–H groups in total. The van der Waals surface area contributed by atoms with E-state index in [4.69, 9.17) is 5.73 Å². The van der Waals surface area contributed by atoms with Crippen LogP contribution in [0.4, 0.5) is 0 Å². The van der Waals surface area contributed by atoms with E-state index in [1.165, 1.54) is 58.4 Å². The SMILES string of the molecule is NCC(CN1CCCCC1)C1CCNC1. The summed E-state index contributed by atoms with van der Waals surface area (Å²) in [6.45, 7) is 7.09. The van der Waals surface area contributed by atoms with Crippen molar-refractivity contribution >= 4 is 0 Å². The lowest BCUT2D eigenvalue weighted by molar-refractivity contribution is 0.172. The number of nitrogens with zero attached hydrogens (tertiary/aromatic N) is 1. The van der Waals surface area contributed by atoms with Gasteiger partial charge in [0.2, 0.25) is 0 Å². The molecule has 0 aliphatic carbocycles. The van der Waals surface area contributed by atoms with Gasteiger partial charge in [0, 0.05) is 6.54 Å². The van der Waals surface area contributed by atoms with Crippen LogP contribution < -0.4 is 11.1 Å². The molecule has 0 aromatic rings. The maximum Gasteiger partial charge on any atom is 0.00249 e. The summed E-state index contributed by atoms with van der Waals surface area (Å²) in [7, 11) is 0. The highest BCUT2D eigenvalue weighted by Gasteiger charge is 2.25. The van der Waals surface area contributed by atoms with Crippen LogP contribution in [0, 0.1) is 11.8 Å². The smallest absolute Gasteiger partial charge is 0.00249 e. The van der Waals surface area contributed by atoms with Gasteiger partial charge in [-0.1, -0.05) is 6.42 Å². The number of hydrogen-bond donors (Lipinski definition) is 2. The molecule has 0 spiro atoms. The maximum atomic E-state index is 5.92. The summed E-state index contributed by atoms with van der Waals surface area (Å²) < 4.78 is 0. The van der Waals surface area contributed by atoms with Crippen LogP contribution in [0.5, 0.6) is 0 Å². The Morgan fingerprint density at radius 2 is 2.07 bits per heavy atom. The normalized spacial score (nSPS) is 30.6. The van der Waals surface area contributed by atoms with Crippen molar-refractivity contribution < 1.29 is 0 Å². The van der Waals surface area contributed by atoms with Crippen molar-refractivity contribution in [3.05, 3.63) is 0 Å². The third-order valence-electron chi connectivity index (χ3n) is 4.01.